The fourth-order valence-corrected chi connectivity index (χ4v) is 2.38. The Hall–Kier alpha value is -2.14. The van der Waals surface area contributed by atoms with Crippen molar-refractivity contribution in [2.45, 2.75) is 24.9 Å². The van der Waals surface area contributed by atoms with Crippen LogP contribution in [-0.4, -0.2) is 34.0 Å². The van der Waals surface area contributed by atoms with Gasteiger partial charge in [0.25, 0.3) is 0 Å². The van der Waals surface area contributed by atoms with Crippen LogP contribution >= 0.6 is 0 Å². The van der Waals surface area contributed by atoms with E-state index in [9.17, 15) is 4.79 Å². The summed E-state index contributed by atoms with van der Waals surface area (Å²) in [5.74, 6) is -1.00. The third kappa shape index (κ3) is 2.44. The van der Waals surface area contributed by atoms with Gasteiger partial charge in [0, 0.05) is 19.1 Å². The molecular weight excluding hydrogens is 256 g/mol. The highest BCUT2D eigenvalue weighted by molar-refractivity contribution is 5.86. The molecule has 5 nitrogen and oxygen atoms in total. The quantitative estimate of drug-likeness (QED) is 0.876. The average Bonchev–Trinajstić information content (AvgIpc) is 3.03. The zero-order valence-corrected chi connectivity index (χ0v) is 11.2. The van der Waals surface area contributed by atoms with E-state index in [-0.39, 0.29) is 11.3 Å². The second-order valence-electron chi connectivity index (χ2n) is 5.24. The smallest absolute Gasteiger partial charge is 0.353 e. The molecule has 0 bridgehead atoms. The minimum absolute atomic E-state index is 0.0103. The van der Waals surface area contributed by atoms with Crippen LogP contribution < -0.4 is 0 Å². The first kappa shape index (κ1) is 12.9. The molecule has 1 heterocycles. The molecule has 0 amide bonds. The minimum Gasteiger partial charge on any atom is -0.477 e. The number of carboxylic acid groups (broad SMARTS) is 1. The van der Waals surface area contributed by atoms with Crippen molar-refractivity contribution in [1.29, 1.82) is 0 Å². The number of hydrogen-bond acceptors (Lipinski definition) is 3. The zero-order valence-electron chi connectivity index (χ0n) is 11.2. The highest BCUT2D eigenvalue weighted by Gasteiger charge is 2.42. The van der Waals surface area contributed by atoms with Gasteiger partial charge >= 0.3 is 5.97 Å². The summed E-state index contributed by atoms with van der Waals surface area (Å²) in [4.78, 5) is 10.9. The molecule has 20 heavy (non-hydrogen) atoms. The Morgan fingerprint density at radius 1 is 1.45 bits per heavy atom. The Labute approximate surface area is 116 Å². The largest absolute Gasteiger partial charge is 0.477 e. The van der Waals surface area contributed by atoms with E-state index in [2.05, 4.69) is 16.3 Å². The number of aromatic carboxylic acids is 1. The molecule has 0 unspecified atom stereocenters. The number of nitrogens with one attached hydrogen (secondary N) is 1. The van der Waals surface area contributed by atoms with Crippen LogP contribution in [0.4, 0.5) is 0 Å². The molecule has 0 aliphatic heterocycles. The number of methoxy groups -OCH3 is 1. The molecule has 1 aliphatic carbocycles. The maximum Gasteiger partial charge on any atom is 0.353 e. The molecular formula is C15H16N2O3. The Morgan fingerprint density at radius 2 is 2.25 bits per heavy atom. The van der Waals surface area contributed by atoms with Gasteiger partial charge in [0.05, 0.1) is 11.3 Å². The predicted molar refractivity (Wildman–Crippen MR) is 73.7 cm³/mol. The maximum atomic E-state index is 10.9. The van der Waals surface area contributed by atoms with Crippen molar-refractivity contribution in [3.63, 3.8) is 0 Å². The Bertz CT molecular complexity index is 644. The number of rotatable bonds is 5. The fourth-order valence-electron chi connectivity index (χ4n) is 2.38. The van der Waals surface area contributed by atoms with Crippen LogP contribution in [-0.2, 0) is 11.2 Å². The van der Waals surface area contributed by atoms with Crippen molar-refractivity contribution < 1.29 is 14.6 Å². The number of aromatic amines is 1. The van der Waals surface area contributed by atoms with Crippen LogP contribution in [0.1, 0.15) is 28.9 Å². The summed E-state index contributed by atoms with van der Waals surface area (Å²) in [5.41, 5.74) is 2.85. The number of carboxylic acids is 1. The van der Waals surface area contributed by atoms with Crippen LogP contribution in [0.15, 0.2) is 30.3 Å². The van der Waals surface area contributed by atoms with Gasteiger partial charge in [0.2, 0.25) is 0 Å². The molecule has 0 atom stereocenters. The second-order valence-corrected chi connectivity index (χ2v) is 5.24. The first-order valence-corrected chi connectivity index (χ1v) is 6.55. The summed E-state index contributed by atoms with van der Waals surface area (Å²) in [5, 5.41) is 15.5. The monoisotopic (exact) mass is 272 g/mol. The average molecular weight is 272 g/mol. The molecule has 1 saturated carbocycles. The third-order valence-corrected chi connectivity index (χ3v) is 3.80. The van der Waals surface area contributed by atoms with E-state index < -0.39 is 5.97 Å². The van der Waals surface area contributed by atoms with Crippen molar-refractivity contribution in [2.24, 2.45) is 0 Å². The molecule has 1 aromatic heterocycles. The second kappa shape index (κ2) is 4.76. The maximum absolute atomic E-state index is 10.9. The molecule has 0 spiro atoms. The number of ether oxygens (including phenoxy) is 1. The van der Waals surface area contributed by atoms with E-state index in [0.29, 0.717) is 5.69 Å². The van der Waals surface area contributed by atoms with Gasteiger partial charge in [-0.3, -0.25) is 5.10 Å². The Balaban J connectivity index is 1.84. The van der Waals surface area contributed by atoms with Crippen LogP contribution in [0.3, 0.4) is 0 Å². The third-order valence-electron chi connectivity index (χ3n) is 3.80. The summed E-state index contributed by atoms with van der Waals surface area (Å²) in [6.45, 7) is 0. The van der Waals surface area contributed by atoms with E-state index in [1.165, 1.54) is 5.56 Å². The first-order valence-electron chi connectivity index (χ1n) is 6.55. The topological polar surface area (TPSA) is 75.2 Å². The van der Waals surface area contributed by atoms with Crippen LogP contribution in [0.5, 0.6) is 0 Å². The van der Waals surface area contributed by atoms with Gasteiger partial charge in [0.15, 0.2) is 0 Å². The first-order chi connectivity index (χ1) is 9.62. The van der Waals surface area contributed by atoms with Gasteiger partial charge in [-0.25, -0.2) is 4.79 Å². The normalized spacial score (nSPS) is 16.1. The Kier molecular flexibility index (Phi) is 3.06. The van der Waals surface area contributed by atoms with E-state index >= 15 is 0 Å². The van der Waals surface area contributed by atoms with E-state index in [1.807, 2.05) is 18.2 Å². The molecule has 0 saturated heterocycles. The van der Waals surface area contributed by atoms with Crippen LogP contribution in [0, 0.1) is 0 Å². The molecule has 2 N–H and O–H groups in total. The highest BCUT2D eigenvalue weighted by Crippen LogP contribution is 2.42. The van der Waals surface area contributed by atoms with Crippen molar-refractivity contribution >= 4 is 5.97 Å². The molecule has 2 aromatic rings. The molecule has 1 aliphatic rings. The standard InChI is InChI=1S/C15H16N2O3/c1-20-15(5-6-15)9-10-3-2-4-11(7-10)12-8-13(14(18)19)17-16-12/h2-4,7-8H,5-6,9H2,1H3,(H,16,17)(H,18,19). The van der Waals surface area contributed by atoms with Gasteiger partial charge in [-0.05, 0) is 30.5 Å². The predicted octanol–water partition coefficient (Wildman–Crippen LogP) is 2.50. The lowest BCUT2D eigenvalue weighted by atomic mass is 10.0. The van der Waals surface area contributed by atoms with Gasteiger partial charge < -0.3 is 9.84 Å². The zero-order chi connectivity index (χ0) is 14.2. The van der Waals surface area contributed by atoms with Crippen molar-refractivity contribution in [3.05, 3.63) is 41.6 Å². The molecule has 1 fully saturated rings. The Morgan fingerprint density at radius 3 is 2.85 bits per heavy atom. The number of aromatic nitrogens is 2. The lowest BCUT2D eigenvalue weighted by Crippen LogP contribution is -2.14. The highest BCUT2D eigenvalue weighted by atomic mass is 16.5. The molecule has 1 aromatic carbocycles. The summed E-state index contributed by atoms with van der Waals surface area (Å²) < 4.78 is 5.53. The SMILES string of the molecule is COC1(Cc2cccc(-c3cc(C(=O)O)[nH]n3)c2)CC1. The number of benzene rings is 1. The van der Waals surface area contributed by atoms with Gasteiger partial charge in [-0.1, -0.05) is 18.2 Å². The van der Waals surface area contributed by atoms with Gasteiger partial charge in [-0.2, -0.15) is 5.10 Å². The van der Waals surface area contributed by atoms with Crippen molar-refractivity contribution in [3.8, 4) is 11.3 Å². The van der Waals surface area contributed by atoms with Crippen LogP contribution in [0.25, 0.3) is 11.3 Å². The molecule has 3 rings (SSSR count). The molecule has 104 valence electrons. The van der Waals surface area contributed by atoms with Crippen molar-refractivity contribution in [1.82, 2.24) is 10.2 Å². The lowest BCUT2D eigenvalue weighted by Gasteiger charge is -2.13. The van der Waals surface area contributed by atoms with E-state index in [1.54, 1.807) is 13.2 Å². The number of H-pyrrole nitrogens is 1. The number of carbonyl (C=O) groups is 1. The van der Waals surface area contributed by atoms with Gasteiger partial charge in [-0.15, -0.1) is 0 Å². The summed E-state index contributed by atoms with van der Waals surface area (Å²) in [6, 6.07) is 9.54. The van der Waals surface area contributed by atoms with Crippen LogP contribution in [0.2, 0.25) is 0 Å². The van der Waals surface area contributed by atoms with Gasteiger partial charge in [0.1, 0.15) is 5.69 Å². The summed E-state index contributed by atoms with van der Waals surface area (Å²) in [7, 11) is 1.75. The fraction of sp³-hybridized carbons (Fsp3) is 0.333. The summed E-state index contributed by atoms with van der Waals surface area (Å²) in [6.07, 6.45) is 3.08. The molecule has 0 radical (unpaired) electrons. The summed E-state index contributed by atoms with van der Waals surface area (Å²) >= 11 is 0. The minimum atomic E-state index is -1.00. The van der Waals surface area contributed by atoms with E-state index in [0.717, 1.165) is 24.8 Å². The lowest BCUT2D eigenvalue weighted by molar-refractivity contribution is 0.0690. The van der Waals surface area contributed by atoms with E-state index in [4.69, 9.17) is 9.84 Å². The van der Waals surface area contributed by atoms with Crippen molar-refractivity contribution in [2.75, 3.05) is 7.11 Å². The molecule has 5 heteroatoms. The number of nitrogens with zero attached hydrogens (tertiary/aromatic N) is 1. The number of hydrogen-bond donors (Lipinski definition) is 2.